The Hall–Kier alpha value is -2.48. The number of aromatic nitrogens is 2. The van der Waals surface area contributed by atoms with Gasteiger partial charge < -0.3 is 8.90 Å². The average Bonchev–Trinajstić information content (AvgIpc) is 3.17. The Labute approximate surface area is 184 Å². The second-order valence-corrected chi connectivity index (χ2v) is 9.06. The number of nitrogens with one attached hydrogen (secondary N) is 2. The number of anilines is 1. The predicted molar refractivity (Wildman–Crippen MR) is 115 cm³/mol. The van der Waals surface area contributed by atoms with Gasteiger partial charge in [-0.2, -0.15) is 10.2 Å². The number of piperazine rings is 1. The Morgan fingerprint density at radius 3 is 2.83 bits per heavy atom. The molecule has 0 bridgehead atoms. The lowest BCUT2D eigenvalue weighted by Gasteiger charge is -2.44. The number of rotatable bonds is 7. The van der Waals surface area contributed by atoms with Crippen molar-refractivity contribution in [2.24, 2.45) is 5.92 Å². The van der Waals surface area contributed by atoms with Gasteiger partial charge in [-0.05, 0) is 29.0 Å². The van der Waals surface area contributed by atoms with Crippen molar-refractivity contribution in [3.8, 4) is 6.07 Å². The molecule has 10 heteroatoms. The van der Waals surface area contributed by atoms with Crippen LogP contribution in [0.3, 0.4) is 0 Å². The minimum absolute atomic E-state index is 0.00638. The zero-order chi connectivity index (χ0) is 21.7. The Bertz CT molecular complexity index is 929. The maximum absolute atomic E-state index is 12.5. The topological polar surface area (TPSA) is 107 Å². The van der Waals surface area contributed by atoms with Gasteiger partial charge in [-0.3, -0.25) is 20.5 Å². The summed E-state index contributed by atoms with van der Waals surface area (Å²) in [6, 6.07) is 3.66. The van der Waals surface area contributed by atoms with Gasteiger partial charge in [-0.25, -0.2) is 4.98 Å². The number of carbonyl (C=O) groups is 1. The number of quaternary nitrogens is 1. The van der Waals surface area contributed by atoms with Crippen LogP contribution in [0, 0.1) is 17.2 Å². The van der Waals surface area contributed by atoms with Crippen LogP contribution < -0.4 is 10.9 Å². The third-order valence-corrected chi connectivity index (χ3v) is 5.79. The van der Waals surface area contributed by atoms with Crippen LogP contribution >= 0.6 is 15.9 Å². The second-order valence-electron chi connectivity index (χ2n) is 8.21. The fourth-order valence-electron chi connectivity index (χ4n) is 3.78. The van der Waals surface area contributed by atoms with E-state index in [9.17, 15) is 4.79 Å². The van der Waals surface area contributed by atoms with Crippen molar-refractivity contribution in [2.75, 3.05) is 45.2 Å². The zero-order valence-electron chi connectivity index (χ0n) is 17.5. The van der Waals surface area contributed by atoms with Crippen LogP contribution in [0.15, 0.2) is 27.4 Å². The number of furan rings is 1. The molecule has 0 aliphatic carbocycles. The summed E-state index contributed by atoms with van der Waals surface area (Å²) in [4.78, 5) is 22.7. The molecule has 0 saturated carbocycles. The molecule has 30 heavy (non-hydrogen) atoms. The van der Waals surface area contributed by atoms with Crippen LogP contribution in [0.1, 0.15) is 35.8 Å². The molecule has 1 aliphatic heterocycles. The minimum Gasteiger partial charge on any atom is -0.463 e. The van der Waals surface area contributed by atoms with E-state index in [1.54, 1.807) is 6.07 Å². The normalized spacial score (nSPS) is 16.3. The summed E-state index contributed by atoms with van der Waals surface area (Å²) in [6.45, 7) is 10.6. The van der Waals surface area contributed by atoms with Gasteiger partial charge in [-0.1, -0.05) is 13.8 Å². The van der Waals surface area contributed by atoms with Crippen LogP contribution in [0.25, 0.3) is 0 Å². The Morgan fingerprint density at radius 2 is 2.17 bits per heavy atom. The van der Waals surface area contributed by atoms with Gasteiger partial charge in [0.25, 0.3) is 5.91 Å². The maximum Gasteiger partial charge on any atom is 0.272 e. The summed E-state index contributed by atoms with van der Waals surface area (Å²) in [5.74, 6) is 1.35. The van der Waals surface area contributed by atoms with Crippen LogP contribution in [-0.2, 0) is 6.54 Å². The predicted octanol–water partition coefficient (Wildman–Crippen LogP) is 2.38. The number of halogens is 1. The van der Waals surface area contributed by atoms with E-state index in [-0.39, 0.29) is 11.7 Å². The van der Waals surface area contributed by atoms with E-state index in [0.717, 1.165) is 49.5 Å². The molecule has 1 saturated heterocycles. The van der Waals surface area contributed by atoms with Gasteiger partial charge in [-0.15, -0.1) is 0 Å². The molecule has 2 N–H and O–H groups in total. The summed E-state index contributed by atoms with van der Waals surface area (Å²) in [5.41, 5.74) is 5.73. The molecule has 0 spiro atoms. The molecule has 1 aliphatic rings. The SMILES string of the molecule is CC(C)C[N+]1(Cc2cc(C(=O)NNc3nc(C#N)ncc3Br)co2)CCN(C)CC1. The van der Waals surface area contributed by atoms with Gasteiger partial charge >= 0.3 is 0 Å². The van der Waals surface area contributed by atoms with E-state index >= 15 is 0 Å². The Kier molecular flexibility index (Phi) is 7.07. The van der Waals surface area contributed by atoms with E-state index < -0.39 is 0 Å². The highest BCUT2D eigenvalue weighted by atomic mass is 79.9. The van der Waals surface area contributed by atoms with Crippen LogP contribution in [0.5, 0.6) is 0 Å². The van der Waals surface area contributed by atoms with Crippen molar-refractivity contribution in [3.63, 3.8) is 0 Å². The van der Waals surface area contributed by atoms with Crippen LogP contribution in [-0.4, -0.2) is 65.0 Å². The summed E-state index contributed by atoms with van der Waals surface area (Å²) in [7, 11) is 2.15. The first-order chi connectivity index (χ1) is 14.3. The van der Waals surface area contributed by atoms with E-state index in [0.29, 0.717) is 21.8 Å². The van der Waals surface area contributed by atoms with Crippen molar-refractivity contribution in [3.05, 3.63) is 40.1 Å². The largest absolute Gasteiger partial charge is 0.463 e. The molecular formula is C20H27BrN7O2+. The number of carbonyl (C=O) groups excluding carboxylic acids is 1. The van der Waals surface area contributed by atoms with E-state index in [1.807, 2.05) is 6.07 Å². The fourth-order valence-corrected chi connectivity index (χ4v) is 4.07. The van der Waals surface area contributed by atoms with E-state index in [1.165, 1.54) is 12.5 Å². The standard InChI is InChI=1S/C20H26BrN7O2/c1-14(2)11-28(6-4-27(3)5-7-28)12-16-8-15(13-30-16)20(29)26-25-19-17(21)10-23-18(9-22)24-19/h8,10,13-14H,4-7,11-12H2,1-3H3,(H-,23,24,25,26,29)/p+1. The molecule has 1 amide bonds. The first kappa shape index (κ1) is 22.2. The van der Waals surface area contributed by atoms with Crippen LogP contribution in [0.2, 0.25) is 0 Å². The van der Waals surface area contributed by atoms with Crippen molar-refractivity contribution in [1.29, 1.82) is 5.26 Å². The smallest absolute Gasteiger partial charge is 0.272 e. The lowest BCUT2D eigenvalue weighted by atomic mass is 10.1. The Morgan fingerprint density at radius 1 is 1.43 bits per heavy atom. The number of hydrogen-bond donors (Lipinski definition) is 2. The third kappa shape index (κ3) is 5.56. The van der Waals surface area contributed by atoms with E-state index in [4.69, 9.17) is 9.68 Å². The van der Waals surface area contributed by atoms with Gasteiger partial charge in [0.15, 0.2) is 11.6 Å². The summed E-state index contributed by atoms with van der Waals surface area (Å²) >= 11 is 3.28. The van der Waals surface area contributed by atoms with Gasteiger partial charge in [0, 0.05) is 25.2 Å². The van der Waals surface area contributed by atoms with Crippen molar-refractivity contribution < 1.29 is 13.7 Å². The molecule has 2 aromatic heterocycles. The summed E-state index contributed by atoms with van der Waals surface area (Å²) in [5, 5.41) is 8.91. The fraction of sp³-hybridized carbons (Fsp3) is 0.500. The minimum atomic E-state index is -0.345. The molecule has 3 rings (SSSR count). The van der Waals surface area contributed by atoms with E-state index in [2.05, 4.69) is 62.5 Å². The van der Waals surface area contributed by atoms with Crippen molar-refractivity contribution in [2.45, 2.75) is 20.4 Å². The Balaban J connectivity index is 1.65. The molecule has 9 nitrogen and oxygen atoms in total. The van der Waals surface area contributed by atoms with Crippen molar-refractivity contribution in [1.82, 2.24) is 20.3 Å². The van der Waals surface area contributed by atoms with Gasteiger partial charge in [0.1, 0.15) is 18.9 Å². The number of amides is 1. The molecule has 1 fully saturated rings. The lowest BCUT2D eigenvalue weighted by molar-refractivity contribution is -0.948. The third-order valence-electron chi connectivity index (χ3n) is 5.21. The molecule has 2 aromatic rings. The average molecular weight is 477 g/mol. The molecule has 0 aromatic carbocycles. The van der Waals surface area contributed by atoms with Crippen molar-refractivity contribution >= 4 is 27.7 Å². The highest BCUT2D eigenvalue weighted by Crippen LogP contribution is 2.22. The highest BCUT2D eigenvalue weighted by molar-refractivity contribution is 9.10. The molecule has 0 radical (unpaired) electrons. The number of hydrazine groups is 1. The first-order valence-electron chi connectivity index (χ1n) is 9.90. The number of nitrogens with zero attached hydrogens (tertiary/aromatic N) is 5. The summed E-state index contributed by atoms with van der Waals surface area (Å²) < 4.78 is 7.24. The number of nitriles is 1. The number of likely N-dealkylation sites (N-methyl/N-ethyl adjacent to an activating group) is 1. The molecule has 0 unspecified atom stereocenters. The van der Waals surface area contributed by atoms with Crippen LogP contribution in [0.4, 0.5) is 5.82 Å². The van der Waals surface area contributed by atoms with Gasteiger partial charge in [0.05, 0.1) is 29.7 Å². The molecule has 160 valence electrons. The first-order valence-corrected chi connectivity index (χ1v) is 10.7. The quantitative estimate of drug-likeness (QED) is 0.466. The number of hydrogen-bond acceptors (Lipinski definition) is 7. The molecular weight excluding hydrogens is 450 g/mol. The molecule has 3 heterocycles. The maximum atomic E-state index is 12.5. The monoisotopic (exact) mass is 476 g/mol. The summed E-state index contributed by atoms with van der Waals surface area (Å²) in [6.07, 6.45) is 2.92. The zero-order valence-corrected chi connectivity index (χ0v) is 19.1. The highest BCUT2D eigenvalue weighted by Gasteiger charge is 2.34. The lowest BCUT2D eigenvalue weighted by Crippen LogP contribution is -2.59. The second kappa shape index (κ2) is 9.55. The molecule has 0 atom stereocenters. The van der Waals surface area contributed by atoms with Gasteiger partial charge in [0.2, 0.25) is 5.82 Å².